The Balaban J connectivity index is 1.98. The van der Waals surface area contributed by atoms with Gasteiger partial charge in [-0.15, -0.1) is 0 Å². The van der Waals surface area contributed by atoms with Crippen molar-refractivity contribution in [3.8, 4) is 0 Å². The van der Waals surface area contributed by atoms with E-state index in [-0.39, 0.29) is 0 Å². The molecule has 3 aromatic rings. The Morgan fingerprint density at radius 3 is 2.79 bits per heavy atom. The van der Waals surface area contributed by atoms with Gasteiger partial charge in [-0.2, -0.15) is 0 Å². The van der Waals surface area contributed by atoms with Gasteiger partial charge in [-0.3, -0.25) is 0 Å². The highest BCUT2D eigenvalue weighted by Crippen LogP contribution is 2.32. The summed E-state index contributed by atoms with van der Waals surface area (Å²) in [6, 6.07) is 11.5. The summed E-state index contributed by atoms with van der Waals surface area (Å²) in [6.07, 6.45) is 0. The van der Waals surface area contributed by atoms with E-state index in [4.69, 9.17) is 23.2 Å². The highest BCUT2D eigenvalue weighted by molar-refractivity contribution is 7.22. The summed E-state index contributed by atoms with van der Waals surface area (Å²) in [5, 5.41) is 5.29. The van der Waals surface area contributed by atoms with Crippen LogP contribution in [-0.2, 0) is 0 Å². The highest BCUT2D eigenvalue weighted by Gasteiger charge is 2.07. The first-order chi connectivity index (χ1) is 9.11. The van der Waals surface area contributed by atoms with E-state index >= 15 is 0 Å². The zero-order valence-electron chi connectivity index (χ0n) is 10.1. The van der Waals surface area contributed by atoms with E-state index in [1.54, 1.807) is 29.5 Å². The topological polar surface area (TPSA) is 24.9 Å². The zero-order valence-corrected chi connectivity index (χ0v) is 12.4. The average Bonchev–Trinajstić information content (AvgIpc) is 2.75. The van der Waals surface area contributed by atoms with Gasteiger partial charge >= 0.3 is 0 Å². The first-order valence-corrected chi connectivity index (χ1v) is 7.28. The molecule has 0 aliphatic heterocycles. The number of hydrogen-bond donors (Lipinski definition) is 1. The van der Waals surface area contributed by atoms with E-state index in [0.29, 0.717) is 10.0 Å². The Morgan fingerprint density at radius 1 is 1.11 bits per heavy atom. The molecule has 0 fully saturated rings. The van der Waals surface area contributed by atoms with Crippen LogP contribution in [0, 0.1) is 6.92 Å². The molecule has 0 atom stereocenters. The van der Waals surface area contributed by atoms with Gasteiger partial charge in [0.15, 0.2) is 5.13 Å². The minimum atomic E-state index is 0.625. The van der Waals surface area contributed by atoms with Crippen molar-refractivity contribution in [3.05, 3.63) is 52.0 Å². The molecule has 0 unspecified atom stereocenters. The fourth-order valence-electron chi connectivity index (χ4n) is 1.80. The molecular formula is C14H10Cl2N2S. The Bertz CT molecular complexity index is 752. The minimum Gasteiger partial charge on any atom is -0.330 e. The molecule has 0 saturated heterocycles. The van der Waals surface area contributed by atoms with Crippen molar-refractivity contribution in [1.29, 1.82) is 0 Å². The van der Waals surface area contributed by atoms with Gasteiger partial charge in [0.2, 0.25) is 0 Å². The summed E-state index contributed by atoms with van der Waals surface area (Å²) in [4.78, 5) is 4.55. The molecule has 2 aromatic carbocycles. The van der Waals surface area contributed by atoms with Crippen molar-refractivity contribution >= 4 is 55.6 Å². The molecule has 1 N–H and O–H groups in total. The van der Waals surface area contributed by atoms with Crippen LogP contribution in [0.1, 0.15) is 5.56 Å². The normalized spacial score (nSPS) is 10.9. The van der Waals surface area contributed by atoms with Gasteiger partial charge in [-0.1, -0.05) is 40.6 Å². The minimum absolute atomic E-state index is 0.625. The van der Waals surface area contributed by atoms with E-state index in [1.165, 1.54) is 5.56 Å². The molecule has 1 heterocycles. The standard InChI is InChI=1S/C14H10Cl2N2S/c1-8-2-5-13-12(6-8)18-14(19-13)17-11-7-9(15)3-4-10(11)16/h2-7H,1H3,(H,17,18). The van der Waals surface area contributed by atoms with Crippen LogP contribution in [0.3, 0.4) is 0 Å². The molecule has 0 aliphatic rings. The molecule has 96 valence electrons. The van der Waals surface area contributed by atoms with E-state index in [0.717, 1.165) is 21.0 Å². The van der Waals surface area contributed by atoms with Gasteiger partial charge in [0.05, 0.1) is 20.9 Å². The van der Waals surface area contributed by atoms with Gasteiger partial charge in [-0.05, 0) is 42.8 Å². The number of rotatable bonds is 2. The molecule has 5 heteroatoms. The lowest BCUT2D eigenvalue weighted by atomic mass is 10.2. The monoisotopic (exact) mass is 308 g/mol. The van der Waals surface area contributed by atoms with Crippen LogP contribution in [0.5, 0.6) is 0 Å². The van der Waals surface area contributed by atoms with Crippen molar-refractivity contribution < 1.29 is 0 Å². The average molecular weight is 309 g/mol. The third-order valence-electron chi connectivity index (χ3n) is 2.71. The highest BCUT2D eigenvalue weighted by atomic mass is 35.5. The van der Waals surface area contributed by atoms with Crippen molar-refractivity contribution in [3.63, 3.8) is 0 Å². The van der Waals surface area contributed by atoms with Crippen LogP contribution in [-0.4, -0.2) is 4.98 Å². The fourth-order valence-corrected chi connectivity index (χ4v) is 2.99. The molecule has 19 heavy (non-hydrogen) atoms. The van der Waals surface area contributed by atoms with Gasteiger partial charge in [0, 0.05) is 5.02 Å². The van der Waals surface area contributed by atoms with Crippen LogP contribution >= 0.6 is 34.5 Å². The summed E-state index contributed by atoms with van der Waals surface area (Å²) in [7, 11) is 0. The maximum absolute atomic E-state index is 6.13. The fraction of sp³-hybridized carbons (Fsp3) is 0.0714. The van der Waals surface area contributed by atoms with Gasteiger partial charge in [0.25, 0.3) is 0 Å². The van der Waals surface area contributed by atoms with E-state index < -0.39 is 0 Å². The zero-order chi connectivity index (χ0) is 13.4. The predicted octanol–water partition coefficient (Wildman–Crippen LogP) is 5.66. The SMILES string of the molecule is Cc1ccc2sc(Nc3cc(Cl)ccc3Cl)nc2c1. The van der Waals surface area contributed by atoms with Gasteiger partial charge < -0.3 is 5.32 Å². The molecule has 0 spiro atoms. The molecule has 0 bridgehead atoms. The number of halogens is 2. The molecule has 1 aromatic heterocycles. The summed E-state index contributed by atoms with van der Waals surface area (Å²) in [5.74, 6) is 0. The number of nitrogens with zero attached hydrogens (tertiary/aromatic N) is 1. The summed E-state index contributed by atoms with van der Waals surface area (Å²) < 4.78 is 1.14. The second kappa shape index (κ2) is 5.00. The lowest BCUT2D eigenvalue weighted by molar-refractivity contribution is 1.42. The molecular weight excluding hydrogens is 299 g/mol. The van der Waals surface area contributed by atoms with Crippen LogP contribution < -0.4 is 5.32 Å². The maximum atomic E-state index is 6.13. The number of aryl methyl sites for hydroxylation is 1. The van der Waals surface area contributed by atoms with Crippen LogP contribution in [0.15, 0.2) is 36.4 Å². The van der Waals surface area contributed by atoms with Crippen LogP contribution in [0.4, 0.5) is 10.8 Å². The first-order valence-electron chi connectivity index (χ1n) is 5.71. The number of nitrogens with one attached hydrogen (secondary N) is 1. The Labute approximate surface area is 125 Å². The third kappa shape index (κ3) is 2.68. The van der Waals surface area contributed by atoms with Crippen LogP contribution in [0.25, 0.3) is 10.2 Å². The molecule has 3 rings (SSSR count). The number of thiazole rings is 1. The predicted molar refractivity (Wildman–Crippen MR) is 84.1 cm³/mol. The number of aromatic nitrogens is 1. The lowest BCUT2D eigenvalue weighted by Crippen LogP contribution is -1.90. The lowest BCUT2D eigenvalue weighted by Gasteiger charge is -2.04. The first kappa shape index (κ1) is 12.7. The molecule has 0 amide bonds. The van der Waals surface area contributed by atoms with Crippen LogP contribution in [0.2, 0.25) is 10.0 Å². The van der Waals surface area contributed by atoms with E-state index in [9.17, 15) is 0 Å². The van der Waals surface area contributed by atoms with Crippen molar-refractivity contribution in [2.45, 2.75) is 6.92 Å². The molecule has 0 saturated carbocycles. The Hall–Kier alpha value is -1.29. The summed E-state index contributed by atoms with van der Waals surface area (Å²) in [5.41, 5.74) is 2.96. The maximum Gasteiger partial charge on any atom is 0.188 e. The quantitative estimate of drug-likeness (QED) is 0.661. The van der Waals surface area contributed by atoms with E-state index in [1.807, 2.05) is 0 Å². The van der Waals surface area contributed by atoms with Crippen molar-refractivity contribution in [2.24, 2.45) is 0 Å². The van der Waals surface area contributed by atoms with Crippen molar-refractivity contribution in [2.75, 3.05) is 5.32 Å². The second-order valence-electron chi connectivity index (χ2n) is 4.24. The summed E-state index contributed by atoms with van der Waals surface area (Å²) >= 11 is 13.7. The number of hydrogen-bond acceptors (Lipinski definition) is 3. The Morgan fingerprint density at radius 2 is 1.95 bits per heavy atom. The smallest absolute Gasteiger partial charge is 0.188 e. The van der Waals surface area contributed by atoms with Gasteiger partial charge in [0.1, 0.15) is 0 Å². The summed E-state index contributed by atoms with van der Waals surface area (Å²) in [6.45, 7) is 2.06. The van der Waals surface area contributed by atoms with Gasteiger partial charge in [-0.25, -0.2) is 4.98 Å². The molecule has 2 nitrogen and oxygen atoms in total. The molecule has 0 aliphatic carbocycles. The Kier molecular flexibility index (Phi) is 3.35. The third-order valence-corrected chi connectivity index (χ3v) is 4.23. The molecule has 0 radical (unpaired) electrons. The van der Waals surface area contributed by atoms with Crippen molar-refractivity contribution in [1.82, 2.24) is 4.98 Å². The number of anilines is 2. The van der Waals surface area contributed by atoms with E-state index in [2.05, 4.69) is 35.4 Å². The second-order valence-corrected chi connectivity index (χ2v) is 6.11. The number of fused-ring (bicyclic) bond motifs is 1. The number of benzene rings is 2. The largest absolute Gasteiger partial charge is 0.330 e.